The van der Waals surface area contributed by atoms with Gasteiger partial charge in [0.2, 0.25) is 16.2 Å². The predicted octanol–water partition coefficient (Wildman–Crippen LogP) is 6.85. The van der Waals surface area contributed by atoms with E-state index < -0.39 is 71.4 Å². The molecule has 5 atom stereocenters. The number of aliphatic hydroxyl groups is 1. The molecule has 1 aliphatic rings. The van der Waals surface area contributed by atoms with E-state index in [1.54, 1.807) is 0 Å². The third-order valence-electron chi connectivity index (χ3n) is 12.1. The molecule has 0 aliphatic carbocycles. The number of ketones is 1. The summed E-state index contributed by atoms with van der Waals surface area (Å²) in [5.74, 6) is 1.15. The Balaban J connectivity index is 0.0000145. The van der Waals surface area contributed by atoms with Crippen molar-refractivity contribution in [1.29, 1.82) is 0 Å². The van der Waals surface area contributed by atoms with Crippen LogP contribution in [0.4, 0.5) is 0 Å². The minimum Gasteiger partial charge on any atom is -0.726 e. The summed E-state index contributed by atoms with van der Waals surface area (Å²) >= 11 is 0. The van der Waals surface area contributed by atoms with Crippen LogP contribution in [0.3, 0.4) is 0 Å². The van der Waals surface area contributed by atoms with E-state index >= 15 is 0 Å². The van der Waals surface area contributed by atoms with E-state index in [0.29, 0.717) is 19.3 Å². The molecule has 3 rings (SSSR count). The molecule has 2 unspecified atom stereocenters. The molecule has 15 heteroatoms. The smallest absolute Gasteiger partial charge is 0.726 e. The summed E-state index contributed by atoms with van der Waals surface area (Å²) < 4.78 is 57.7. The second kappa shape index (κ2) is 35.0. The fourth-order valence-corrected chi connectivity index (χ4v) is 8.95. The number of unbranched alkanes of at least 4 members (excludes halogenated alkanes) is 19. The van der Waals surface area contributed by atoms with Crippen LogP contribution in [0.15, 0.2) is 60.7 Å². The number of benzene rings is 2. The van der Waals surface area contributed by atoms with Crippen LogP contribution < -0.4 is 35.5 Å². The average molecular weight is 940 g/mol. The number of hydrogen-bond acceptors (Lipinski definition) is 13. The quantitative estimate of drug-likeness (QED) is 0.0178. The van der Waals surface area contributed by atoms with Gasteiger partial charge in [0.05, 0.1) is 13.0 Å². The molecular weight excluding hydrogens is 862 g/mol. The van der Waals surface area contributed by atoms with Crippen molar-refractivity contribution >= 4 is 28.1 Å². The van der Waals surface area contributed by atoms with Gasteiger partial charge in [-0.3, -0.25) is 23.4 Å². The number of ether oxygens (including phenoxy) is 3. The standard InChI is InChI=1S/C50H79NO12S.Na/c1-2-3-4-5-6-7-8-9-16-27-36-43(59-46(53)37-28-17-12-10-14-21-30-41-32-23-19-24-33-41)49(55)50(63-51)39-44(48(45(40-52)61-50)62-64(56,57)58)60-47(54)38-29-18-13-11-15-22-31-42-34-25-20-26-35-42;/h19-20,23-26,32-35,43-45,48,52H,2-18,21-22,27-31,36-40,51H2,1H3,(H,56,57,58);/q;+1/p-1/t43?,44-,45+,48-,50?;/m0./s1. The third kappa shape index (κ3) is 25.1. The summed E-state index contributed by atoms with van der Waals surface area (Å²) in [4.78, 5) is 46.2. The number of hydrogen-bond donors (Lipinski definition) is 2. The zero-order valence-corrected chi connectivity index (χ0v) is 42.3. The van der Waals surface area contributed by atoms with Crippen LogP contribution in [-0.2, 0) is 60.9 Å². The second-order valence-electron chi connectivity index (χ2n) is 17.4. The molecule has 3 N–H and O–H groups in total. The molecule has 1 aliphatic heterocycles. The van der Waals surface area contributed by atoms with E-state index in [2.05, 4.69) is 31.2 Å². The maximum atomic E-state index is 14.5. The van der Waals surface area contributed by atoms with Crippen molar-refractivity contribution in [1.82, 2.24) is 0 Å². The van der Waals surface area contributed by atoms with Crippen LogP contribution in [0.5, 0.6) is 0 Å². The first-order chi connectivity index (χ1) is 31.0. The van der Waals surface area contributed by atoms with Crippen molar-refractivity contribution < 1.29 is 85.2 Å². The molecule has 0 radical (unpaired) electrons. The average Bonchev–Trinajstić information content (AvgIpc) is 3.28. The molecule has 65 heavy (non-hydrogen) atoms. The van der Waals surface area contributed by atoms with Crippen molar-refractivity contribution in [3.8, 4) is 0 Å². The number of carbonyl (C=O) groups is 3. The number of Topliss-reactive ketones (excluding diaryl/α,β-unsaturated/α-hetero) is 1. The van der Waals surface area contributed by atoms with Gasteiger partial charge in [-0.2, -0.15) is 0 Å². The van der Waals surface area contributed by atoms with Gasteiger partial charge in [-0.05, 0) is 62.5 Å². The molecule has 0 bridgehead atoms. The monoisotopic (exact) mass is 940 g/mol. The predicted molar refractivity (Wildman–Crippen MR) is 245 cm³/mol. The number of aryl methyl sites for hydroxylation is 2. The largest absolute Gasteiger partial charge is 1.00 e. The Kier molecular flexibility index (Phi) is 31.7. The molecular formula is C50H78NNaO12S. The first-order valence-electron chi connectivity index (χ1n) is 24.3. The third-order valence-corrected chi connectivity index (χ3v) is 12.5. The Morgan fingerprint density at radius 2 is 1.15 bits per heavy atom. The van der Waals surface area contributed by atoms with Crippen LogP contribution in [-0.4, -0.2) is 72.6 Å². The minimum absolute atomic E-state index is 0. The summed E-state index contributed by atoms with van der Waals surface area (Å²) in [7, 11) is -5.40. The summed E-state index contributed by atoms with van der Waals surface area (Å²) in [5, 5.41) is 10.3. The maximum absolute atomic E-state index is 14.5. The van der Waals surface area contributed by atoms with Gasteiger partial charge in [-0.15, -0.1) is 0 Å². The zero-order chi connectivity index (χ0) is 46.3. The Bertz CT molecular complexity index is 1670. The summed E-state index contributed by atoms with van der Waals surface area (Å²) in [6, 6.07) is 20.6. The van der Waals surface area contributed by atoms with Crippen molar-refractivity contribution in [2.24, 2.45) is 5.90 Å². The van der Waals surface area contributed by atoms with E-state index in [1.165, 1.54) is 43.2 Å². The molecule has 362 valence electrons. The van der Waals surface area contributed by atoms with Crippen molar-refractivity contribution in [3.63, 3.8) is 0 Å². The van der Waals surface area contributed by atoms with Crippen LogP contribution in [0.1, 0.15) is 185 Å². The Morgan fingerprint density at radius 1 is 0.708 bits per heavy atom. The van der Waals surface area contributed by atoms with Gasteiger partial charge >= 0.3 is 41.5 Å². The Hall–Kier alpha value is -2.24. The van der Waals surface area contributed by atoms with Gasteiger partial charge in [0.25, 0.3) is 5.79 Å². The fourth-order valence-electron chi connectivity index (χ4n) is 8.43. The molecule has 2 aromatic rings. The number of rotatable bonds is 37. The minimum atomic E-state index is -5.40. The van der Waals surface area contributed by atoms with Gasteiger partial charge < -0.3 is 23.9 Å². The van der Waals surface area contributed by atoms with Crippen LogP contribution in [0, 0.1) is 0 Å². The normalized spacial score (nSPS) is 19.0. The van der Waals surface area contributed by atoms with Crippen LogP contribution in [0.2, 0.25) is 0 Å². The molecule has 0 amide bonds. The molecule has 2 aromatic carbocycles. The number of esters is 2. The molecule has 0 aromatic heterocycles. The van der Waals surface area contributed by atoms with E-state index in [1.807, 2.05) is 36.4 Å². The maximum Gasteiger partial charge on any atom is 1.00 e. The van der Waals surface area contributed by atoms with E-state index in [0.717, 1.165) is 103 Å². The molecule has 1 fully saturated rings. The van der Waals surface area contributed by atoms with Gasteiger partial charge in [-0.1, -0.05) is 177 Å². The van der Waals surface area contributed by atoms with Gasteiger partial charge in [0.15, 0.2) is 6.10 Å². The van der Waals surface area contributed by atoms with E-state index in [4.69, 9.17) is 29.1 Å². The Morgan fingerprint density at radius 3 is 1.62 bits per heavy atom. The summed E-state index contributed by atoms with van der Waals surface area (Å²) in [6.45, 7) is 1.24. The number of carbonyl (C=O) groups excluding carboxylic acids is 3. The van der Waals surface area contributed by atoms with Crippen molar-refractivity contribution in [2.75, 3.05) is 6.61 Å². The zero-order valence-electron chi connectivity index (χ0n) is 39.5. The van der Waals surface area contributed by atoms with Crippen LogP contribution in [0.25, 0.3) is 0 Å². The van der Waals surface area contributed by atoms with Gasteiger partial charge in [-0.25, -0.2) is 14.3 Å². The first kappa shape index (κ1) is 58.9. The first-order valence-corrected chi connectivity index (χ1v) is 25.6. The summed E-state index contributed by atoms with van der Waals surface area (Å²) in [6.07, 6.45) is 16.4. The van der Waals surface area contributed by atoms with Gasteiger partial charge in [0.1, 0.15) is 18.3 Å². The van der Waals surface area contributed by atoms with E-state index in [-0.39, 0.29) is 48.8 Å². The van der Waals surface area contributed by atoms with Crippen molar-refractivity contribution in [2.45, 2.75) is 217 Å². The van der Waals surface area contributed by atoms with Crippen LogP contribution >= 0.6 is 0 Å². The number of aliphatic hydroxyl groups excluding tert-OH is 1. The molecule has 13 nitrogen and oxygen atoms in total. The topological polar surface area (TPSA) is 201 Å². The number of nitrogens with two attached hydrogens (primary N) is 1. The Labute approximate surface area is 412 Å². The van der Waals surface area contributed by atoms with Crippen molar-refractivity contribution in [3.05, 3.63) is 71.8 Å². The summed E-state index contributed by atoms with van der Waals surface area (Å²) in [5.41, 5.74) is 2.62. The van der Waals surface area contributed by atoms with Gasteiger partial charge in [0, 0.05) is 12.8 Å². The molecule has 0 spiro atoms. The SMILES string of the molecule is CCCCCCCCCCCCC(OC(=O)CCCCCCCCc1ccccc1)C(=O)C1(ON)C[C@H](OC(=O)CCCCCCCCc2ccccc2)[C@H](OS(=O)(=O)[O-])[C@@H](CO)O1.[Na+]. The van der Waals surface area contributed by atoms with E-state index in [9.17, 15) is 32.5 Å². The molecule has 0 saturated carbocycles. The fraction of sp³-hybridized carbons (Fsp3) is 0.700. The molecule has 1 saturated heterocycles. The second-order valence-corrected chi connectivity index (χ2v) is 18.4. The molecule has 1 heterocycles.